The van der Waals surface area contributed by atoms with Gasteiger partial charge in [0.1, 0.15) is 11.2 Å². The maximum absolute atomic E-state index is 6.72. The van der Waals surface area contributed by atoms with Gasteiger partial charge >= 0.3 is 0 Å². The zero-order valence-electron chi connectivity index (χ0n) is 31.1. The van der Waals surface area contributed by atoms with Gasteiger partial charge in [0.15, 0.2) is 0 Å². The highest BCUT2D eigenvalue weighted by molar-refractivity contribution is 6.11. The minimum atomic E-state index is 0.857. The molecular weight excluding hydrogens is 693 g/mol. The summed E-state index contributed by atoms with van der Waals surface area (Å²) >= 11 is 0. The Labute approximate surface area is 330 Å². The quantitative estimate of drug-likeness (QED) is 0.163. The lowest BCUT2D eigenvalue weighted by Gasteiger charge is -2.26. The molecule has 2 heterocycles. The standard InChI is InChI=1S/C54H36N2O/c1-3-13-37(14-4-1)38-25-29-42(30-26-38)55(45-33-34-49-50-22-12-21-46(40-15-5-2-6-16-40)54(50)57-53(49)36-45)43-31-27-39(28-32-43)41-17-11-18-44(35-41)56-51-23-9-7-19-47(51)48-20-8-10-24-52(48)56/h1-36H. The van der Waals surface area contributed by atoms with Gasteiger partial charge < -0.3 is 13.9 Å². The average Bonchev–Trinajstić information content (AvgIpc) is 3.83. The van der Waals surface area contributed by atoms with Crippen molar-refractivity contribution in [1.29, 1.82) is 0 Å². The van der Waals surface area contributed by atoms with Crippen LogP contribution in [0.5, 0.6) is 0 Å². The molecule has 0 bridgehead atoms. The van der Waals surface area contributed by atoms with Crippen molar-refractivity contribution in [3.8, 4) is 39.1 Å². The van der Waals surface area contributed by atoms with Crippen LogP contribution in [0.1, 0.15) is 0 Å². The van der Waals surface area contributed by atoms with Crippen molar-refractivity contribution in [2.24, 2.45) is 0 Å². The van der Waals surface area contributed by atoms with Gasteiger partial charge in [-0.3, -0.25) is 0 Å². The summed E-state index contributed by atoms with van der Waals surface area (Å²) in [4.78, 5) is 2.32. The van der Waals surface area contributed by atoms with Gasteiger partial charge in [0.05, 0.1) is 11.0 Å². The molecule has 0 N–H and O–H groups in total. The van der Waals surface area contributed by atoms with Crippen LogP contribution in [-0.4, -0.2) is 4.57 Å². The van der Waals surface area contributed by atoms with E-state index in [2.05, 4.69) is 222 Å². The van der Waals surface area contributed by atoms with E-state index in [0.717, 1.165) is 66.9 Å². The summed E-state index contributed by atoms with van der Waals surface area (Å²) in [5.41, 5.74) is 15.4. The lowest BCUT2D eigenvalue weighted by Crippen LogP contribution is -2.09. The van der Waals surface area contributed by atoms with Crippen LogP contribution in [-0.2, 0) is 0 Å². The molecule has 0 unspecified atom stereocenters. The van der Waals surface area contributed by atoms with Crippen molar-refractivity contribution in [2.45, 2.75) is 0 Å². The Morgan fingerprint density at radius 2 is 0.842 bits per heavy atom. The number of para-hydroxylation sites is 3. The Kier molecular flexibility index (Phi) is 7.82. The minimum Gasteiger partial charge on any atom is -0.455 e. The number of furan rings is 1. The number of anilines is 3. The summed E-state index contributed by atoms with van der Waals surface area (Å²) < 4.78 is 9.10. The summed E-state index contributed by atoms with van der Waals surface area (Å²) in [6.45, 7) is 0. The zero-order valence-corrected chi connectivity index (χ0v) is 31.1. The van der Waals surface area contributed by atoms with E-state index in [1.807, 2.05) is 6.07 Å². The number of benzene rings is 9. The number of hydrogen-bond donors (Lipinski definition) is 0. The molecule has 11 rings (SSSR count). The lowest BCUT2D eigenvalue weighted by atomic mass is 10.0. The van der Waals surface area contributed by atoms with Gasteiger partial charge in [0.2, 0.25) is 0 Å². The smallest absolute Gasteiger partial charge is 0.143 e. The molecule has 3 heteroatoms. The third-order valence-electron chi connectivity index (χ3n) is 11.2. The summed E-state index contributed by atoms with van der Waals surface area (Å²) in [6.07, 6.45) is 0. The number of rotatable bonds is 7. The van der Waals surface area contributed by atoms with Crippen molar-refractivity contribution < 1.29 is 4.42 Å². The van der Waals surface area contributed by atoms with E-state index in [1.165, 1.54) is 32.9 Å². The Balaban J connectivity index is 1.01. The third kappa shape index (κ3) is 5.68. The Morgan fingerprint density at radius 1 is 0.333 bits per heavy atom. The zero-order chi connectivity index (χ0) is 37.7. The SMILES string of the molecule is c1ccc(-c2ccc(N(c3ccc(-c4cccc(-n5c6ccccc6c6ccccc65)c4)cc3)c3ccc4c(c3)oc3c(-c5ccccc5)cccc34)cc2)cc1. The van der Waals surface area contributed by atoms with Gasteiger partial charge in [-0.15, -0.1) is 0 Å². The van der Waals surface area contributed by atoms with Crippen LogP contribution >= 0.6 is 0 Å². The highest BCUT2D eigenvalue weighted by atomic mass is 16.3. The second-order valence-corrected chi connectivity index (χ2v) is 14.5. The van der Waals surface area contributed by atoms with Crippen molar-refractivity contribution in [3.63, 3.8) is 0 Å². The Bertz CT molecular complexity index is 3160. The molecular formula is C54H36N2O. The fraction of sp³-hybridized carbons (Fsp3) is 0. The van der Waals surface area contributed by atoms with Crippen LogP contribution in [0, 0.1) is 0 Å². The molecule has 2 aromatic heterocycles. The maximum Gasteiger partial charge on any atom is 0.143 e. The van der Waals surface area contributed by atoms with Crippen molar-refractivity contribution in [2.75, 3.05) is 4.90 Å². The molecule has 9 aromatic carbocycles. The van der Waals surface area contributed by atoms with Gasteiger partial charge in [-0.2, -0.15) is 0 Å². The van der Waals surface area contributed by atoms with Gasteiger partial charge in [-0.1, -0.05) is 152 Å². The third-order valence-corrected chi connectivity index (χ3v) is 11.2. The molecule has 0 radical (unpaired) electrons. The van der Waals surface area contributed by atoms with Gasteiger partial charge in [0.25, 0.3) is 0 Å². The minimum absolute atomic E-state index is 0.857. The number of hydrogen-bond acceptors (Lipinski definition) is 2. The van der Waals surface area contributed by atoms with Crippen LogP contribution < -0.4 is 4.90 Å². The van der Waals surface area contributed by atoms with E-state index in [9.17, 15) is 0 Å². The number of aromatic nitrogens is 1. The van der Waals surface area contributed by atoms with E-state index < -0.39 is 0 Å². The molecule has 0 spiro atoms. The summed E-state index contributed by atoms with van der Waals surface area (Å²) in [6, 6.07) is 77.9. The van der Waals surface area contributed by atoms with E-state index in [4.69, 9.17) is 4.42 Å². The molecule has 0 saturated carbocycles. The largest absolute Gasteiger partial charge is 0.455 e. The van der Waals surface area contributed by atoms with Crippen LogP contribution in [0.3, 0.4) is 0 Å². The summed E-state index contributed by atoms with van der Waals surface area (Å²) in [5.74, 6) is 0. The molecule has 57 heavy (non-hydrogen) atoms. The first kappa shape index (κ1) is 32.8. The van der Waals surface area contributed by atoms with E-state index >= 15 is 0 Å². The van der Waals surface area contributed by atoms with Crippen molar-refractivity contribution >= 4 is 60.8 Å². The topological polar surface area (TPSA) is 21.3 Å². The van der Waals surface area contributed by atoms with Crippen LogP contribution in [0.4, 0.5) is 17.1 Å². The van der Waals surface area contributed by atoms with Crippen LogP contribution in [0.2, 0.25) is 0 Å². The van der Waals surface area contributed by atoms with Gasteiger partial charge in [0, 0.05) is 55.9 Å². The van der Waals surface area contributed by atoms with Crippen LogP contribution in [0.25, 0.3) is 82.8 Å². The molecule has 3 nitrogen and oxygen atoms in total. The fourth-order valence-electron chi connectivity index (χ4n) is 8.48. The molecule has 0 atom stereocenters. The molecule has 268 valence electrons. The first-order chi connectivity index (χ1) is 28.3. The molecule has 0 aliphatic carbocycles. The molecule has 0 fully saturated rings. The molecule has 11 aromatic rings. The molecule has 0 saturated heterocycles. The first-order valence-corrected chi connectivity index (χ1v) is 19.4. The predicted octanol–water partition coefficient (Wildman–Crippen LogP) is 15.2. The highest BCUT2D eigenvalue weighted by Crippen LogP contribution is 2.42. The summed E-state index contributed by atoms with van der Waals surface area (Å²) in [7, 11) is 0. The Hall–Kier alpha value is -7.62. The van der Waals surface area contributed by atoms with Crippen molar-refractivity contribution in [3.05, 3.63) is 218 Å². The second-order valence-electron chi connectivity index (χ2n) is 14.5. The van der Waals surface area contributed by atoms with Gasteiger partial charge in [-0.05, 0) is 88.5 Å². The second kappa shape index (κ2) is 13.6. The molecule has 0 amide bonds. The number of fused-ring (bicyclic) bond motifs is 6. The predicted molar refractivity (Wildman–Crippen MR) is 239 cm³/mol. The van der Waals surface area contributed by atoms with E-state index in [0.29, 0.717) is 0 Å². The highest BCUT2D eigenvalue weighted by Gasteiger charge is 2.18. The first-order valence-electron chi connectivity index (χ1n) is 19.4. The van der Waals surface area contributed by atoms with E-state index in [-0.39, 0.29) is 0 Å². The van der Waals surface area contributed by atoms with Crippen LogP contribution in [0.15, 0.2) is 223 Å². The average molecular weight is 729 g/mol. The fourth-order valence-corrected chi connectivity index (χ4v) is 8.48. The maximum atomic E-state index is 6.72. The Morgan fingerprint density at radius 3 is 1.51 bits per heavy atom. The van der Waals surface area contributed by atoms with Gasteiger partial charge in [-0.25, -0.2) is 0 Å². The normalized spacial score (nSPS) is 11.5. The lowest BCUT2D eigenvalue weighted by molar-refractivity contribution is 0.670. The summed E-state index contributed by atoms with van der Waals surface area (Å²) in [5, 5.41) is 4.74. The monoisotopic (exact) mass is 728 g/mol. The number of nitrogens with zero attached hydrogens (tertiary/aromatic N) is 2. The van der Waals surface area contributed by atoms with Crippen molar-refractivity contribution in [1.82, 2.24) is 4.57 Å². The van der Waals surface area contributed by atoms with E-state index in [1.54, 1.807) is 0 Å². The molecule has 0 aliphatic heterocycles. The molecule has 0 aliphatic rings.